The maximum Gasteiger partial charge on any atom is 0.323 e. The largest absolute Gasteiger partial charge is 0.323 e. The summed E-state index contributed by atoms with van der Waals surface area (Å²) in [6.07, 6.45) is 3.05. The molecule has 2 rings (SSSR count). The Morgan fingerprint density at radius 2 is 1.95 bits per heavy atom. The highest BCUT2D eigenvalue weighted by Crippen LogP contribution is 2.23. The number of para-hydroxylation sites is 2. The summed E-state index contributed by atoms with van der Waals surface area (Å²) in [6, 6.07) is 8.67. The van der Waals surface area contributed by atoms with Gasteiger partial charge in [-0.2, -0.15) is 0 Å². The molecule has 0 radical (unpaired) electrons. The molecular weight excluding hydrogens is 248 g/mol. The van der Waals surface area contributed by atoms with E-state index in [0.717, 1.165) is 0 Å². The molecule has 96 valence electrons. The van der Waals surface area contributed by atoms with E-state index >= 15 is 0 Å². The number of aromatic nitrogens is 1. The number of amides is 2. The first kappa shape index (κ1) is 12.5. The Hall–Kier alpha value is -2.96. The van der Waals surface area contributed by atoms with E-state index in [0.29, 0.717) is 5.69 Å². The number of hydrogen-bond donors (Lipinski definition) is 2. The molecule has 0 fully saturated rings. The molecule has 0 aliphatic heterocycles. The predicted octanol–water partition coefficient (Wildman–Crippen LogP) is 2.63. The standard InChI is InChI=1S/C12H10N4O3/c17-12(14-9-4-3-7-13-8-9)15-10-5-1-2-6-11(10)16(18)19/h1-8H,(H2,14,15,17). The lowest BCUT2D eigenvalue weighted by atomic mass is 10.3. The molecule has 2 N–H and O–H groups in total. The molecule has 0 aliphatic carbocycles. The van der Waals surface area contributed by atoms with Gasteiger partial charge in [0.25, 0.3) is 5.69 Å². The third-order valence-electron chi connectivity index (χ3n) is 2.27. The number of urea groups is 1. The summed E-state index contributed by atoms with van der Waals surface area (Å²) in [4.78, 5) is 25.8. The molecule has 1 heterocycles. The van der Waals surface area contributed by atoms with Gasteiger partial charge in [-0.05, 0) is 18.2 Å². The first-order valence-corrected chi connectivity index (χ1v) is 5.38. The van der Waals surface area contributed by atoms with Gasteiger partial charge in [-0.25, -0.2) is 4.79 Å². The SMILES string of the molecule is O=C(Nc1cccnc1)Nc1ccccc1[N+](=O)[O-]. The van der Waals surface area contributed by atoms with Crippen LogP contribution in [0.4, 0.5) is 21.9 Å². The Morgan fingerprint density at radius 3 is 2.63 bits per heavy atom. The van der Waals surface area contributed by atoms with Crippen molar-refractivity contribution < 1.29 is 9.72 Å². The predicted molar refractivity (Wildman–Crippen MR) is 70.0 cm³/mol. The Balaban J connectivity index is 2.09. The number of hydrogen-bond acceptors (Lipinski definition) is 4. The lowest BCUT2D eigenvalue weighted by Gasteiger charge is -2.07. The molecule has 7 nitrogen and oxygen atoms in total. The minimum atomic E-state index is -0.567. The number of pyridine rings is 1. The smallest absolute Gasteiger partial charge is 0.306 e. The van der Waals surface area contributed by atoms with Gasteiger partial charge in [0.1, 0.15) is 5.69 Å². The van der Waals surface area contributed by atoms with Crippen molar-refractivity contribution in [3.63, 3.8) is 0 Å². The van der Waals surface area contributed by atoms with Gasteiger partial charge in [0.05, 0.1) is 16.8 Å². The third kappa shape index (κ3) is 3.25. The molecular formula is C12H10N4O3. The summed E-state index contributed by atoms with van der Waals surface area (Å²) in [5.74, 6) is 0. The summed E-state index contributed by atoms with van der Waals surface area (Å²) in [6.45, 7) is 0. The van der Waals surface area contributed by atoms with Gasteiger partial charge in [-0.15, -0.1) is 0 Å². The average Bonchev–Trinajstić information content (AvgIpc) is 2.40. The van der Waals surface area contributed by atoms with Crippen molar-refractivity contribution in [3.8, 4) is 0 Å². The second kappa shape index (κ2) is 5.58. The Morgan fingerprint density at radius 1 is 1.16 bits per heavy atom. The van der Waals surface area contributed by atoms with Crippen LogP contribution in [-0.4, -0.2) is 15.9 Å². The van der Waals surface area contributed by atoms with Crippen molar-refractivity contribution in [2.45, 2.75) is 0 Å². The van der Waals surface area contributed by atoms with Crippen LogP contribution >= 0.6 is 0 Å². The topological polar surface area (TPSA) is 97.2 Å². The molecule has 0 aliphatic rings. The highest BCUT2D eigenvalue weighted by molar-refractivity contribution is 6.00. The van der Waals surface area contributed by atoms with Gasteiger partial charge in [0, 0.05) is 12.3 Å². The maximum absolute atomic E-state index is 11.7. The van der Waals surface area contributed by atoms with Crippen molar-refractivity contribution in [2.24, 2.45) is 0 Å². The second-order valence-electron chi connectivity index (χ2n) is 3.60. The molecule has 7 heteroatoms. The highest BCUT2D eigenvalue weighted by Gasteiger charge is 2.14. The van der Waals surface area contributed by atoms with Crippen LogP contribution in [0.2, 0.25) is 0 Å². The van der Waals surface area contributed by atoms with Gasteiger partial charge < -0.3 is 10.6 Å². The van der Waals surface area contributed by atoms with E-state index in [1.165, 1.54) is 24.4 Å². The fraction of sp³-hybridized carbons (Fsp3) is 0. The summed E-state index contributed by atoms with van der Waals surface area (Å²) >= 11 is 0. The van der Waals surface area contributed by atoms with Crippen LogP contribution in [0.1, 0.15) is 0 Å². The van der Waals surface area contributed by atoms with E-state index < -0.39 is 11.0 Å². The van der Waals surface area contributed by atoms with E-state index in [9.17, 15) is 14.9 Å². The number of carbonyl (C=O) groups is 1. The quantitative estimate of drug-likeness (QED) is 0.653. The maximum atomic E-state index is 11.7. The summed E-state index contributed by atoms with van der Waals surface area (Å²) < 4.78 is 0. The van der Waals surface area contributed by atoms with Crippen molar-refractivity contribution in [1.29, 1.82) is 0 Å². The number of carbonyl (C=O) groups excluding carboxylic acids is 1. The number of benzene rings is 1. The van der Waals surface area contributed by atoms with Crippen molar-refractivity contribution in [1.82, 2.24) is 4.98 Å². The Bertz CT molecular complexity index is 601. The third-order valence-corrected chi connectivity index (χ3v) is 2.27. The molecule has 1 aromatic heterocycles. The lowest BCUT2D eigenvalue weighted by Crippen LogP contribution is -2.20. The molecule has 19 heavy (non-hydrogen) atoms. The van der Waals surface area contributed by atoms with Crippen LogP contribution in [0.15, 0.2) is 48.8 Å². The number of nitrogens with zero attached hydrogens (tertiary/aromatic N) is 2. The molecule has 0 atom stereocenters. The van der Waals surface area contributed by atoms with Gasteiger partial charge in [0.15, 0.2) is 0 Å². The van der Waals surface area contributed by atoms with E-state index in [4.69, 9.17) is 0 Å². The zero-order valence-corrected chi connectivity index (χ0v) is 9.74. The molecule has 1 aromatic carbocycles. The normalized spacial score (nSPS) is 9.68. The van der Waals surface area contributed by atoms with E-state index in [-0.39, 0.29) is 11.4 Å². The molecule has 2 amide bonds. The van der Waals surface area contributed by atoms with Gasteiger partial charge >= 0.3 is 6.03 Å². The zero-order chi connectivity index (χ0) is 13.7. The minimum Gasteiger partial charge on any atom is -0.306 e. The Labute approximate surface area is 108 Å². The fourth-order valence-electron chi connectivity index (χ4n) is 1.46. The molecule has 0 bridgehead atoms. The van der Waals surface area contributed by atoms with Crippen LogP contribution in [0.3, 0.4) is 0 Å². The lowest BCUT2D eigenvalue weighted by molar-refractivity contribution is -0.383. The van der Waals surface area contributed by atoms with E-state index in [1.54, 1.807) is 24.4 Å². The minimum absolute atomic E-state index is 0.133. The van der Waals surface area contributed by atoms with Crippen LogP contribution in [0, 0.1) is 10.1 Å². The number of anilines is 2. The highest BCUT2D eigenvalue weighted by atomic mass is 16.6. The van der Waals surface area contributed by atoms with Crippen molar-refractivity contribution >= 4 is 23.1 Å². The Kier molecular flexibility index (Phi) is 3.67. The van der Waals surface area contributed by atoms with Gasteiger partial charge in [0.2, 0.25) is 0 Å². The number of nitro groups is 1. The second-order valence-corrected chi connectivity index (χ2v) is 3.60. The number of rotatable bonds is 3. The number of nitro benzene ring substituents is 1. The zero-order valence-electron chi connectivity index (χ0n) is 9.74. The van der Waals surface area contributed by atoms with E-state index in [1.807, 2.05) is 0 Å². The molecule has 0 spiro atoms. The monoisotopic (exact) mass is 258 g/mol. The van der Waals surface area contributed by atoms with Crippen LogP contribution in [-0.2, 0) is 0 Å². The fourth-order valence-corrected chi connectivity index (χ4v) is 1.46. The molecule has 0 unspecified atom stereocenters. The van der Waals surface area contributed by atoms with Crippen LogP contribution in [0.5, 0.6) is 0 Å². The van der Waals surface area contributed by atoms with Crippen molar-refractivity contribution in [3.05, 3.63) is 58.9 Å². The van der Waals surface area contributed by atoms with Crippen molar-refractivity contribution in [2.75, 3.05) is 10.6 Å². The molecule has 0 saturated heterocycles. The molecule has 0 saturated carbocycles. The first-order chi connectivity index (χ1) is 9.16. The average molecular weight is 258 g/mol. The first-order valence-electron chi connectivity index (χ1n) is 5.38. The number of nitrogens with one attached hydrogen (secondary N) is 2. The summed E-state index contributed by atoms with van der Waals surface area (Å²) in [5, 5.41) is 15.7. The van der Waals surface area contributed by atoms with E-state index in [2.05, 4.69) is 15.6 Å². The van der Waals surface area contributed by atoms with Crippen LogP contribution < -0.4 is 10.6 Å². The summed E-state index contributed by atoms with van der Waals surface area (Å²) in [5.41, 5.74) is 0.469. The van der Waals surface area contributed by atoms with Gasteiger partial charge in [-0.3, -0.25) is 15.1 Å². The molecule has 2 aromatic rings. The van der Waals surface area contributed by atoms with Crippen LogP contribution in [0.25, 0.3) is 0 Å². The van der Waals surface area contributed by atoms with Gasteiger partial charge in [-0.1, -0.05) is 12.1 Å². The summed E-state index contributed by atoms with van der Waals surface area (Å²) in [7, 11) is 0.